The van der Waals surface area contributed by atoms with Gasteiger partial charge in [-0.15, -0.1) is 0 Å². The zero-order valence-electron chi connectivity index (χ0n) is 20.5. The number of aryl methyl sites for hydroxylation is 3. The van der Waals surface area contributed by atoms with Gasteiger partial charge in [0.05, 0.1) is 0 Å². The average Bonchev–Trinajstić information content (AvgIpc) is 3.14. The normalized spacial score (nSPS) is 11.9. The summed E-state index contributed by atoms with van der Waals surface area (Å²) < 4.78 is 0. The Morgan fingerprint density at radius 1 is 0.943 bits per heavy atom. The minimum Gasteiger partial charge on any atom is -0.358 e. The first-order valence-electron chi connectivity index (χ1n) is 11.7. The molecule has 4 rings (SSSR count). The molecule has 0 saturated heterocycles. The molecule has 0 bridgehead atoms. The second-order valence-electron chi connectivity index (χ2n) is 8.95. The van der Waals surface area contributed by atoms with Gasteiger partial charge in [-0.1, -0.05) is 60.1 Å². The Kier molecular flexibility index (Phi) is 7.27. The van der Waals surface area contributed by atoms with Gasteiger partial charge in [-0.3, -0.25) is 9.59 Å². The molecule has 0 aliphatic rings. The van der Waals surface area contributed by atoms with E-state index in [-0.39, 0.29) is 11.8 Å². The van der Waals surface area contributed by atoms with E-state index in [1.807, 2.05) is 69.3 Å². The fourth-order valence-electron chi connectivity index (χ4n) is 4.68. The van der Waals surface area contributed by atoms with Gasteiger partial charge in [0.25, 0.3) is 5.91 Å². The molecule has 180 valence electrons. The van der Waals surface area contributed by atoms with Crippen molar-refractivity contribution in [2.75, 3.05) is 11.9 Å². The van der Waals surface area contributed by atoms with Crippen molar-refractivity contribution in [1.29, 1.82) is 0 Å². The SMILES string of the molecule is CC(=O)N(CCc1c(C)[nH]c2ccccc12)[C@H](C(=O)Nc1c(C)cccc1C)c1ccc(Cl)cc1. The molecule has 0 saturated carbocycles. The van der Waals surface area contributed by atoms with Gasteiger partial charge in [0, 0.05) is 40.8 Å². The molecule has 0 radical (unpaired) electrons. The number of fused-ring (bicyclic) bond motifs is 1. The smallest absolute Gasteiger partial charge is 0.251 e. The summed E-state index contributed by atoms with van der Waals surface area (Å²) in [6.45, 7) is 7.87. The van der Waals surface area contributed by atoms with E-state index in [9.17, 15) is 9.59 Å². The first-order chi connectivity index (χ1) is 16.8. The van der Waals surface area contributed by atoms with Crippen LogP contribution in [0.15, 0.2) is 66.7 Å². The highest BCUT2D eigenvalue weighted by Gasteiger charge is 2.30. The Hall–Kier alpha value is -3.57. The largest absolute Gasteiger partial charge is 0.358 e. The molecule has 0 aliphatic heterocycles. The quantitative estimate of drug-likeness (QED) is 0.311. The van der Waals surface area contributed by atoms with E-state index >= 15 is 0 Å². The van der Waals surface area contributed by atoms with Crippen molar-refractivity contribution in [2.24, 2.45) is 0 Å². The lowest BCUT2D eigenvalue weighted by molar-refractivity contribution is -0.137. The first kappa shape index (κ1) is 24.6. The van der Waals surface area contributed by atoms with E-state index in [0.717, 1.165) is 39.0 Å². The summed E-state index contributed by atoms with van der Waals surface area (Å²) in [7, 11) is 0. The number of H-pyrrole nitrogens is 1. The van der Waals surface area contributed by atoms with Crippen LogP contribution in [0.4, 0.5) is 5.69 Å². The lowest BCUT2D eigenvalue weighted by atomic mass is 10.0. The molecular formula is C29H30ClN3O2. The minimum atomic E-state index is -0.797. The van der Waals surface area contributed by atoms with E-state index in [2.05, 4.69) is 16.4 Å². The summed E-state index contributed by atoms with van der Waals surface area (Å²) in [5, 5.41) is 4.80. The molecule has 3 aromatic carbocycles. The van der Waals surface area contributed by atoms with E-state index in [4.69, 9.17) is 11.6 Å². The second-order valence-corrected chi connectivity index (χ2v) is 9.38. The van der Waals surface area contributed by atoms with Crippen molar-refractivity contribution < 1.29 is 9.59 Å². The van der Waals surface area contributed by atoms with Gasteiger partial charge in [-0.2, -0.15) is 0 Å². The number of carbonyl (C=O) groups excluding carboxylic acids is 2. The van der Waals surface area contributed by atoms with Crippen LogP contribution in [0.25, 0.3) is 10.9 Å². The maximum atomic E-state index is 13.7. The van der Waals surface area contributed by atoms with Crippen LogP contribution < -0.4 is 5.32 Å². The van der Waals surface area contributed by atoms with Gasteiger partial charge in [0.15, 0.2) is 0 Å². The van der Waals surface area contributed by atoms with Crippen LogP contribution in [0, 0.1) is 20.8 Å². The summed E-state index contributed by atoms with van der Waals surface area (Å²) in [5.74, 6) is -0.422. The van der Waals surface area contributed by atoms with Crippen LogP contribution in [0.3, 0.4) is 0 Å². The highest BCUT2D eigenvalue weighted by molar-refractivity contribution is 6.30. The van der Waals surface area contributed by atoms with E-state index in [0.29, 0.717) is 23.6 Å². The number of hydrogen-bond donors (Lipinski definition) is 2. The molecule has 0 fully saturated rings. The van der Waals surface area contributed by atoms with Crippen molar-refractivity contribution in [3.05, 3.63) is 99.7 Å². The van der Waals surface area contributed by atoms with Crippen LogP contribution in [0.5, 0.6) is 0 Å². The van der Waals surface area contributed by atoms with Gasteiger partial charge >= 0.3 is 0 Å². The van der Waals surface area contributed by atoms with Crippen LogP contribution in [-0.2, 0) is 16.0 Å². The molecule has 0 aliphatic carbocycles. The van der Waals surface area contributed by atoms with Crippen LogP contribution >= 0.6 is 11.6 Å². The number of amides is 2. The monoisotopic (exact) mass is 487 g/mol. The number of aromatic nitrogens is 1. The Balaban J connectivity index is 1.69. The van der Waals surface area contributed by atoms with E-state index in [1.54, 1.807) is 17.0 Å². The van der Waals surface area contributed by atoms with Gasteiger partial charge in [0.1, 0.15) is 6.04 Å². The third-order valence-corrected chi connectivity index (χ3v) is 6.76. The Bertz CT molecular complexity index is 1350. The number of carbonyl (C=O) groups is 2. The molecule has 5 nitrogen and oxygen atoms in total. The van der Waals surface area contributed by atoms with Crippen LogP contribution in [0.2, 0.25) is 5.02 Å². The number of nitrogens with zero attached hydrogens (tertiary/aromatic N) is 1. The summed E-state index contributed by atoms with van der Waals surface area (Å²) >= 11 is 6.13. The number of nitrogens with one attached hydrogen (secondary N) is 2. The van der Waals surface area contributed by atoms with Crippen LogP contribution in [0.1, 0.15) is 40.9 Å². The summed E-state index contributed by atoms with van der Waals surface area (Å²) in [6.07, 6.45) is 0.621. The maximum Gasteiger partial charge on any atom is 0.251 e. The predicted molar refractivity (Wildman–Crippen MR) is 143 cm³/mol. The molecule has 0 unspecified atom stereocenters. The number of para-hydroxylation sites is 2. The highest BCUT2D eigenvalue weighted by atomic mass is 35.5. The Labute approximate surface area is 211 Å². The number of benzene rings is 3. The average molecular weight is 488 g/mol. The molecular weight excluding hydrogens is 458 g/mol. The lowest BCUT2D eigenvalue weighted by Gasteiger charge is -2.31. The first-order valence-corrected chi connectivity index (χ1v) is 12.1. The molecule has 4 aromatic rings. The fraction of sp³-hybridized carbons (Fsp3) is 0.241. The predicted octanol–water partition coefficient (Wildman–Crippen LogP) is 6.52. The molecule has 35 heavy (non-hydrogen) atoms. The molecule has 1 atom stereocenters. The third-order valence-electron chi connectivity index (χ3n) is 6.51. The van der Waals surface area contributed by atoms with Gasteiger partial charge in [0.2, 0.25) is 5.91 Å². The van der Waals surface area contributed by atoms with Gasteiger partial charge < -0.3 is 15.2 Å². The molecule has 1 heterocycles. The number of hydrogen-bond acceptors (Lipinski definition) is 2. The van der Waals surface area contributed by atoms with Crippen LogP contribution in [-0.4, -0.2) is 28.2 Å². The topological polar surface area (TPSA) is 65.2 Å². The summed E-state index contributed by atoms with van der Waals surface area (Å²) in [5.41, 5.74) is 6.71. The summed E-state index contributed by atoms with van der Waals surface area (Å²) in [4.78, 5) is 31.7. The lowest BCUT2D eigenvalue weighted by Crippen LogP contribution is -2.41. The molecule has 2 amide bonds. The molecule has 1 aromatic heterocycles. The zero-order chi connectivity index (χ0) is 25.1. The van der Waals surface area contributed by atoms with Crippen molar-refractivity contribution in [1.82, 2.24) is 9.88 Å². The van der Waals surface area contributed by atoms with Crippen molar-refractivity contribution in [3.63, 3.8) is 0 Å². The second kappa shape index (κ2) is 10.4. The van der Waals surface area contributed by atoms with Gasteiger partial charge in [-0.25, -0.2) is 0 Å². The van der Waals surface area contributed by atoms with E-state index < -0.39 is 6.04 Å². The fourth-order valence-corrected chi connectivity index (χ4v) is 4.80. The molecule has 2 N–H and O–H groups in total. The van der Waals surface area contributed by atoms with E-state index in [1.165, 1.54) is 6.92 Å². The zero-order valence-corrected chi connectivity index (χ0v) is 21.2. The standard InChI is InChI=1S/C29H30ClN3O2/c1-18-8-7-9-19(2)27(18)32-29(35)28(22-12-14-23(30)15-13-22)33(21(4)34)17-16-24-20(3)31-26-11-6-5-10-25(24)26/h5-15,28,31H,16-17H2,1-4H3,(H,32,35)/t28-/m0/s1. The minimum absolute atomic E-state index is 0.168. The Morgan fingerprint density at radius 2 is 1.60 bits per heavy atom. The number of rotatable bonds is 7. The third kappa shape index (κ3) is 5.25. The van der Waals surface area contributed by atoms with Crippen molar-refractivity contribution in [3.8, 4) is 0 Å². The number of halogens is 1. The molecule has 0 spiro atoms. The molecule has 6 heteroatoms. The summed E-state index contributed by atoms with van der Waals surface area (Å²) in [6, 6.07) is 20.3. The van der Waals surface area contributed by atoms with Gasteiger partial charge in [-0.05, 0) is 67.6 Å². The highest BCUT2D eigenvalue weighted by Crippen LogP contribution is 2.29. The Morgan fingerprint density at radius 3 is 2.26 bits per heavy atom. The maximum absolute atomic E-state index is 13.7. The number of anilines is 1. The number of aromatic amines is 1. The van der Waals surface area contributed by atoms with Crippen molar-refractivity contribution in [2.45, 2.75) is 40.2 Å². The van der Waals surface area contributed by atoms with Crippen molar-refractivity contribution >= 4 is 40.0 Å².